The largest absolute Gasteiger partial charge is 0.349 e. The lowest BCUT2D eigenvalue weighted by molar-refractivity contribution is -0.139. The Morgan fingerprint density at radius 3 is 2.33 bits per heavy atom. The van der Waals surface area contributed by atoms with Gasteiger partial charge in [-0.1, -0.05) is 13.8 Å². The van der Waals surface area contributed by atoms with Crippen molar-refractivity contribution in [2.24, 2.45) is 17.8 Å². The van der Waals surface area contributed by atoms with Gasteiger partial charge >= 0.3 is 0 Å². The van der Waals surface area contributed by atoms with E-state index in [0.717, 1.165) is 25.7 Å². The molecule has 1 saturated carbocycles. The zero-order valence-corrected chi connectivity index (χ0v) is 17.7. The summed E-state index contributed by atoms with van der Waals surface area (Å²) in [6, 6.07) is 0. The highest BCUT2D eigenvalue weighted by Gasteiger charge is 2.40. The van der Waals surface area contributed by atoms with Crippen LogP contribution >= 0.6 is 11.8 Å². The molecule has 27 heavy (non-hydrogen) atoms. The van der Waals surface area contributed by atoms with Crippen molar-refractivity contribution < 1.29 is 19.2 Å². The van der Waals surface area contributed by atoms with Crippen molar-refractivity contribution in [3.05, 3.63) is 0 Å². The Hall–Kier alpha value is -1.37. The minimum atomic E-state index is -0.355. The van der Waals surface area contributed by atoms with Gasteiger partial charge in [0.2, 0.25) is 17.7 Å². The van der Waals surface area contributed by atoms with Crippen LogP contribution in [0.25, 0.3) is 0 Å². The summed E-state index contributed by atoms with van der Waals surface area (Å²) >= 11 is 1.41. The van der Waals surface area contributed by atoms with E-state index >= 15 is 0 Å². The van der Waals surface area contributed by atoms with Gasteiger partial charge in [-0.3, -0.25) is 24.1 Å². The normalized spacial score (nSPS) is 26.0. The highest BCUT2D eigenvalue weighted by Crippen LogP contribution is 2.33. The topological polar surface area (TPSA) is 74.8 Å². The number of likely N-dealkylation sites (tertiary alicyclic amines) is 1. The Morgan fingerprint density at radius 1 is 1.15 bits per heavy atom. The van der Waals surface area contributed by atoms with E-state index in [1.807, 2.05) is 13.8 Å². The van der Waals surface area contributed by atoms with Crippen molar-refractivity contribution in [3.8, 4) is 0 Å². The van der Waals surface area contributed by atoms with E-state index in [1.165, 1.54) is 21.6 Å². The number of hydrogen-bond donors (Lipinski definition) is 0. The van der Waals surface area contributed by atoms with Crippen LogP contribution in [0.15, 0.2) is 0 Å². The van der Waals surface area contributed by atoms with Crippen molar-refractivity contribution in [1.82, 2.24) is 9.80 Å². The second-order valence-electron chi connectivity index (χ2n) is 8.22. The molecule has 1 heterocycles. The molecule has 1 atom stereocenters. The lowest BCUT2D eigenvalue weighted by Crippen LogP contribution is -2.37. The average Bonchev–Trinajstić information content (AvgIpc) is 2.89. The summed E-state index contributed by atoms with van der Waals surface area (Å²) in [4.78, 5) is 51.6. The van der Waals surface area contributed by atoms with Crippen LogP contribution in [0.3, 0.4) is 0 Å². The number of hydrogen-bond acceptors (Lipinski definition) is 5. The van der Waals surface area contributed by atoms with Gasteiger partial charge in [0.1, 0.15) is 5.78 Å². The molecule has 2 aliphatic rings. The van der Waals surface area contributed by atoms with E-state index in [2.05, 4.69) is 0 Å². The zero-order valence-electron chi connectivity index (χ0n) is 16.9. The summed E-state index contributed by atoms with van der Waals surface area (Å²) < 4.78 is 0. The molecule has 0 bridgehead atoms. The van der Waals surface area contributed by atoms with E-state index < -0.39 is 0 Å². The maximum Gasteiger partial charge on any atom is 0.242 e. The van der Waals surface area contributed by atoms with Gasteiger partial charge in [0, 0.05) is 51.1 Å². The molecule has 2 fully saturated rings. The number of Topliss-reactive ketones (excluding diaryl/α,β-unsaturated/α-hetero) is 1. The van der Waals surface area contributed by atoms with Gasteiger partial charge in [-0.05, 0) is 31.6 Å². The SMILES string of the molecule is CC(C)C(=O)C1CCC(CN2C(=O)CC(SCCC(=O)N(C)C)C2=O)CC1. The third-order valence-electron chi connectivity index (χ3n) is 5.60. The molecule has 3 amide bonds. The summed E-state index contributed by atoms with van der Waals surface area (Å²) in [5.74, 6) is 1.23. The van der Waals surface area contributed by atoms with Gasteiger partial charge in [0.25, 0.3) is 0 Å². The van der Waals surface area contributed by atoms with Crippen LogP contribution in [-0.4, -0.2) is 64.9 Å². The predicted molar refractivity (Wildman–Crippen MR) is 106 cm³/mol. The predicted octanol–water partition coefficient (Wildman–Crippen LogP) is 2.36. The molecule has 1 aliphatic carbocycles. The van der Waals surface area contributed by atoms with E-state index in [4.69, 9.17) is 0 Å². The fraction of sp³-hybridized carbons (Fsp3) is 0.800. The van der Waals surface area contributed by atoms with Gasteiger partial charge in [-0.15, -0.1) is 11.8 Å². The number of imide groups is 1. The fourth-order valence-electron chi connectivity index (χ4n) is 3.85. The van der Waals surface area contributed by atoms with Crippen LogP contribution in [0.5, 0.6) is 0 Å². The van der Waals surface area contributed by atoms with Crippen molar-refractivity contribution in [3.63, 3.8) is 0 Å². The first-order valence-electron chi connectivity index (χ1n) is 9.90. The number of rotatable bonds is 8. The summed E-state index contributed by atoms with van der Waals surface area (Å²) in [6.45, 7) is 4.37. The van der Waals surface area contributed by atoms with Crippen LogP contribution < -0.4 is 0 Å². The lowest BCUT2D eigenvalue weighted by Gasteiger charge is -2.30. The lowest BCUT2D eigenvalue weighted by atomic mass is 9.77. The summed E-state index contributed by atoms with van der Waals surface area (Å²) in [5, 5.41) is -0.355. The minimum Gasteiger partial charge on any atom is -0.349 e. The number of carbonyl (C=O) groups is 4. The monoisotopic (exact) mass is 396 g/mol. The van der Waals surface area contributed by atoms with Crippen molar-refractivity contribution in [2.45, 2.75) is 57.6 Å². The Balaban J connectivity index is 1.79. The molecule has 2 rings (SSSR count). The van der Waals surface area contributed by atoms with Crippen molar-refractivity contribution in [2.75, 3.05) is 26.4 Å². The first kappa shape index (κ1) is 21.9. The Bertz CT molecular complexity index is 583. The Labute approximate surface area is 166 Å². The molecule has 0 radical (unpaired) electrons. The molecule has 0 aromatic rings. The number of ketones is 1. The smallest absolute Gasteiger partial charge is 0.242 e. The summed E-state index contributed by atoms with van der Waals surface area (Å²) in [7, 11) is 3.42. The molecule has 152 valence electrons. The maximum atomic E-state index is 12.6. The van der Waals surface area contributed by atoms with Crippen LogP contribution in [0.4, 0.5) is 0 Å². The molecule has 1 aliphatic heterocycles. The molecule has 1 saturated heterocycles. The number of carbonyl (C=O) groups excluding carboxylic acids is 4. The highest BCUT2D eigenvalue weighted by atomic mass is 32.2. The Kier molecular flexibility index (Phi) is 7.89. The number of nitrogens with zero attached hydrogens (tertiary/aromatic N) is 2. The summed E-state index contributed by atoms with van der Waals surface area (Å²) in [5.41, 5.74) is 0. The maximum absolute atomic E-state index is 12.6. The molecular formula is C20H32N2O4S. The second-order valence-corrected chi connectivity index (χ2v) is 9.53. The van der Waals surface area contributed by atoms with Crippen LogP contribution in [0, 0.1) is 17.8 Å². The molecule has 0 spiro atoms. The van der Waals surface area contributed by atoms with Gasteiger partial charge in [-0.25, -0.2) is 0 Å². The number of amides is 3. The Morgan fingerprint density at radius 2 is 1.78 bits per heavy atom. The van der Waals surface area contributed by atoms with Gasteiger partial charge in [0.05, 0.1) is 5.25 Å². The third kappa shape index (κ3) is 5.80. The van der Waals surface area contributed by atoms with Crippen LogP contribution in [0.2, 0.25) is 0 Å². The van der Waals surface area contributed by atoms with E-state index in [1.54, 1.807) is 14.1 Å². The molecule has 6 nitrogen and oxygen atoms in total. The molecule has 7 heteroatoms. The van der Waals surface area contributed by atoms with E-state index in [0.29, 0.717) is 30.4 Å². The molecule has 0 aromatic heterocycles. The van der Waals surface area contributed by atoms with Crippen molar-refractivity contribution >= 4 is 35.3 Å². The number of thioether (sulfide) groups is 1. The van der Waals surface area contributed by atoms with Crippen LogP contribution in [-0.2, 0) is 19.2 Å². The molecular weight excluding hydrogens is 364 g/mol. The van der Waals surface area contributed by atoms with Gasteiger partial charge in [0.15, 0.2) is 0 Å². The quantitative estimate of drug-likeness (QED) is 0.589. The van der Waals surface area contributed by atoms with E-state index in [9.17, 15) is 19.2 Å². The standard InChI is InChI=1S/C20H32N2O4S/c1-13(2)19(25)15-7-5-14(6-8-15)12-22-18(24)11-16(20(22)26)27-10-9-17(23)21(3)4/h13-16H,5-12H2,1-4H3. The van der Waals surface area contributed by atoms with Crippen molar-refractivity contribution in [1.29, 1.82) is 0 Å². The van der Waals surface area contributed by atoms with Crippen LogP contribution in [0.1, 0.15) is 52.4 Å². The minimum absolute atomic E-state index is 0.0313. The molecule has 0 N–H and O–H groups in total. The zero-order chi connectivity index (χ0) is 20.1. The first-order valence-corrected chi connectivity index (χ1v) is 10.9. The van der Waals surface area contributed by atoms with Gasteiger partial charge < -0.3 is 4.90 Å². The first-order chi connectivity index (χ1) is 12.7. The third-order valence-corrected chi connectivity index (χ3v) is 6.81. The summed E-state index contributed by atoms with van der Waals surface area (Å²) in [6.07, 6.45) is 4.14. The van der Waals surface area contributed by atoms with Gasteiger partial charge in [-0.2, -0.15) is 0 Å². The second kappa shape index (κ2) is 9.71. The molecule has 0 aromatic carbocycles. The average molecular weight is 397 g/mol. The highest BCUT2D eigenvalue weighted by molar-refractivity contribution is 8.00. The fourth-order valence-corrected chi connectivity index (χ4v) is 4.95. The molecule has 1 unspecified atom stereocenters. The van der Waals surface area contributed by atoms with E-state index in [-0.39, 0.29) is 41.2 Å².